The Morgan fingerprint density at radius 1 is 1.22 bits per heavy atom. The molecule has 2 N–H and O–H groups in total. The third-order valence-corrected chi connectivity index (χ3v) is 4.91. The summed E-state index contributed by atoms with van der Waals surface area (Å²) in [6, 6.07) is 0. The Morgan fingerprint density at radius 2 is 2.00 bits per heavy atom. The number of guanidine groups is 1. The van der Waals surface area contributed by atoms with Crippen LogP contribution < -0.4 is 10.6 Å². The molecule has 0 heterocycles. The molecule has 0 aromatic heterocycles. The summed E-state index contributed by atoms with van der Waals surface area (Å²) in [5.41, 5.74) is 0.418. The highest BCUT2D eigenvalue weighted by Gasteiger charge is 2.36. The first-order chi connectivity index (χ1) is 10.8. The summed E-state index contributed by atoms with van der Waals surface area (Å²) in [6.07, 6.45) is 8.84. The summed E-state index contributed by atoms with van der Waals surface area (Å²) in [6.45, 7) is 4.56. The van der Waals surface area contributed by atoms with Gasteiger partial charge in [-0.2, -0.15) is 0 Å². The molecule has 0 unspecified atom stereocenters. The van der Waals surface area contributed by atoms with E-state index < -0.39 is 0 Å². The van der Waals surface area contributed by atoms with Gasteiger partial charge in [-0.3, -0.25) is 4.99 Å². The third-order valence-electron chi connectivity index (χ3n) is 4.91. The molecule has 0 spiro atoms. The van der Waals surface area contributed by atoms with Crippen molar-refractivity contribution in [2.24, 2.45) is 16.3 Å². The second-order valence-corrected chi connectivity index (χ2v) is 6.82. The van der Waals surface area contributed by atoms with E-state index in [-0.39, 0.29) is 24.0 Å². The largest absolute Gasteiger partial charge is 0.385 e. The van der Waals surface area contributed by atoms with Gasteiger partial charge < -0.3 is 20.1 Å². The summed E-state index contributed by atoms with van der Waals surface area (Å²) >= 11 is 0. The van der Waals surface area contributed by atoms with Crippen LogP contribution in [-0.2, 0) is 9.47 Å². The highest BCUT2D eigenvalue weighted by atomic mass is 127. The van der Waals surface area contributed by atoms with E-state index in [0.717, 1.165) is 57.6 Å². The normalized spacial score (nSPS) is 19.7. The SMILES string of the molecule is CN=C(NCCCOCC1CC1)NCC1(CCOC)CCC1.I. The Kier molecular flexibility index (Phi) is 10.5. The van der Waals surface area contributed by atoms with Crippen LogP contribution in [-0.4, -0.2) is 53.0 Å². The average Bonchev–Trinajstić information content (AvgIpc) is 3.31. The molecule has 0 bridgehead atoms. The fourth-order valence-corrected chi connectivity index (χ4v) is 2.92. The zero-order chi connectivity index (χ0) is 15.7. The van der Waals surface area contributed by atoms with Crippen molar-refractivity contribution in [3.8, 4) is 0 Å². The maximum absolute atomic E-state index is 5.64. The Hall–Kier alpha value is -0.0800. The smallest absolute Gasteiger partial charge is 0.190 e. The fourth-order valence-electron chi connectivity index (χ4n) is 2.92. The summed E-state index contributed by atoms with van der Waals surface area (Å²) in [5, 5.41) is 6.86. The zero-order valence-electron chi connectivity index (χ0n) is 14.7. The Labute approximate surface area is 158 Å². The van der Waals surface area contributed by atoms with E-state index in [9.17, 15) is 0 Å². The minimum atomic E-state index is 0. The van der Waals surface area contributed by atoms with Crippen molar-refractivity contribution in [2.45, 2.75) is 44.9 Å². The van der Waals surface area contributed by atoms with Crippen molar-refractivity contribution in [3.63, 3.8) is 0 Å². The number of rotatable bonds is 11. The Balaban J connectivity index is 0.00000264. The molecule has 0 radical (unpaired) electrons. The number of ether oxygens (including phenoxy) is 2. The molecule has 0 saturated heterocycles. The number of methoxy groups -OCH3 is 1. The van der Waals surface area contributed by atoms with Gasteiger partial charge in [0.15, 0.2) is 5.96 Å². The molecule has 23 heavy (non-hydrogen) atoms. The van der Waals surface area contributed by atoms with E-state index in [1.54, 1.807) is 7.11 Å². The van der Waals surface area contributed by atoms with E-state index in [0.29, 0.717) is 5.41 Å². The molecule has 0 aromatic rings. The highest BCUT2D eigenvalue weighted by molar-refractivity contribution is 14.0. The lowest BCUT2D eigenvalue weighted by molar-refractivity contribution is 0.0732. The molecule has 0 amide bonds. The van der Waals surface area contributed by atoms with Gasteiger partial charge in [0.2, 0.25) is 0 Å². The minimum absolute atomic E-state index is 0. The van der Waals surface area contributed by atoms with Crippen molar-refractivity contribution in [3.05, 3.63) is 0 Å². The van der Waals surface area contributed by atoms with Gasteiger partial charge in [0, 0.05) is 47.1 Å². The van der Waals surface area contributed by atoms with Crippen LogP contribution in [0.5, 0.6) is 0 Å². The monoisotopic (exact) mass is 439 g/mol. The van der Waals surface area contributed by atoms with Crippen LogP contribution >= 0.6 is 24.0 Å². The van der Waals surface area contributed by atoms with Crippen molar-refractivity contribution < 1.29 is 9.47 Å². The molecule has 2 fully saturated rings. The maximum Gasteiger partial charge on any atom is 0.190 e. The molecule has 2 aliphatic carbocycles. The third kappa shape index (κ3) is 8.03. The highest BCUT2D eigenvalue weighted by Crippen LogP contribution is 2.43. The fraction of sp³-hybridized carbons (Fsp3) is 0.941. The lowest BCUT2D eigenvalue weighted by atomic mass is 9.67. The molecule has 2 saturated carbocycles. The van der Waals surface area contributed by atoms with Crippen LogP contribution in [0.15, 0.2) is 4.99 Å². The zero-order valence-corrected chi connectivity index (χ0v) is 17.1. The predicted octanol–water partition coefficient (Wildman–Crippen LogP) is 2.79. The van der Waals surface area contributed by atoms with Gasteiger partial charge in [-0.15, -0.1) is 24.0 Å². The molecule has 2 rings (SSSR count). The molecule has 0 atom stereocenters. The molecule has 5 nitrogen and oxygen atoms in total. The Bertz CT molecular complexity index is 345. The predicted molar refractivity (Wildman–Crippen MR) is 106 cm³/mol. The number of hydrogen-bond donors (Lipinski definition) is 2. The maximum atomic E-state index is 5.64. The number of halogens is 1. The summed E-state index contributed by atoms with van der Waals surface area (Å²) in [7, 11) is 3.62. The van der Waals surface area contributed by atoms with Crippen LogP contribution in [0.3, 0.4) is 0 Å². The first kappa shape index (κ1) is 21.0. The van der Waals surface area contributed by atoms with Gasteiger partial charge in [-0.05, 0) is 49.9 Å². The first-order valence-corrected chi connectivity index (χ1v) is 8.79. The van der Waals surface area contributed by atoms with E-state index in [1.165, 1.54) is 32.1 Å². The lowest BCUT2D eigenvalue weighted by Crippen LogP contribution is -2.47. The average molecular weight is 439 g/mol. The molecule has 0 aromatic carbocycles. The van der Waals surface area contributed by atoms with Gasteiger partial charge in [0.05, 0.1) is 0 Å². The van der Waals surface area contributed by atoms with Crippen LogP contribution in [0, 0.1) is 11.3 Å². The number of aliphatic imine (C=N–C) groups is 1. The van der Waals surface area contributed by atoms with Crippen molar-refractivity contribution >= 4 is 29.9 Å². The summed E-state index contributed by atoms with van der Waals surface area (Å²) in [4.78, 5) is 4.31. The number of hydrogen-bond acceptors (Lipinski definition) is 3. The molecule has 0 aliphatic heterocycles. The topological polar surface area (TPSA) is 54.9 Å². The molecule has 2 aliphatic rings. The van der Waals surface area contributed by atoms with Crippen LogP contribution in [0.2, 0.25) is 0 Å². The lowest BCUT2D eigenvalue weighted by Gasteiger charge is -2.42. The Morgan fingerprint density at radius 3 is 2.57 bits per heavy atom. The van der Waals surface area contributed by atoms with Gasteiger partial charge in [0.25, 0.3) is 0 Å². The summed E-state index contributed by atoms with van der Waals surface area (Å²) < 4.78 is 10.9. The van der Waals surface area contributed by atoms with Crippen LogP contribution in [0.1, 0.15) is 44.9 Å². The van der Waals surface area contributed by atoms with E-state index in [2.05, 4.69) is 15.6 Å². The van der Waals surface area contributed by atoms with Gasteiger partial charge in [0.1, 0.15) is 0 Å². The van der Waals surface area contributed by atoms with Gasteiger partial charge in [-0.25, -0.2) is 0 Å². The van der Waals surface area contributed by atoms with E-state index in [1.807, 2.05) is 7.05 Å². The summed E-state index contributed by atoms with van der Waals surface area (Å²) in [5.74, 6) is 1.76. The number of nitrogens with one attached hydrogen (secondary N) is 2. The molecular weight excluding hydrogens is 405 g/mol. The van der Waals surface area contributed by atoms with E-state index in [4.69, 9.17) is 9.47 Å². The molecular formula is C17H34IN3O2. The second-order valence-electron chi connectivity index (χ2n) is 6.82. The first-order valence-electron chi connectivity index (χ1n) is 8.79. The second kappa shape index (κ2) is 11.5. The van der Waals surface area contributed by atoms with Crippen molar-refractivity contribution in [1.29, 1.82) is 0 Å². The minimum Gasteiger partial charge on any atom is -0.385 e. The standard InChI is InChI=1S/C17H33N3O2.HI/c1-18-16(19-10-4-11-22-13-15-5-6-15)20-14-17(7-3-8-17)9-12-21-2;/h15H,3-14H2,1-2H3,(H2,18,19,20);1H. The quantitative estimate of drug-likeness (QED) is 0.225. The van der Waals surface area contributed by atoms with Crippen molar-refractivity contribution in [2.75, 3.05) is 47.1 Å². The van der Waals surface area contributed by atoms with Crippen molar-refractivity contribution in [1.82, 2.24) is 10.6 Å². The number of nitrogens with zero attached hydrogens (tertiary/aromatic N) is 1. The van der Waals surface area contributed by atoms with Gasteiger partial charge in [-0.1, -0.05) is 6.42 Å². The van der Waals surface area contributed by atoms with Crippen LogP contribution in [0.4, 0.5) is 0 Å². The molecule has 136 valence electrons. The van der Waals surface area contributed by atoms with E-state index >= 15 is 0 Å². The molecule has 6 heteroatoms. The van der Waals surface area contributed by atoms with Gasteiger partial charge >= 0.3 is 0 Å². The van der Waals surface area contributed by atoms with Crippen LogP contribution in [0.25, 0.3) is 0 Å².